The number of thioether (sulfide) groups is 1. The summed E-state index contributed by atoms with van der Waals surface area (Å²) in [5.41, 5.74) is 0.922. The van der Waals surface area contributed by atoms with Crippen LogP contribution in [0.3, 0.4) is 0 Å². The lowest BCUT2D eigenvalue weighted by Crippen LogP contribution is -2.30. The van der Waals surface area contributed by atoms with Crippen molar-refractivity contribution in [2.45, 2.75) is 30.4 Å². The third kappa shape index (κ3) is 5.02. The van der Waals surface area contributed by atoms with Crippen LogP contribution in [0.4, 0.5) is 0 Å². The van der Waals surface area contributed by atoms with Gasteiger partial charge in [0.2, 0.25) is 11.1 Å². The Morgan fingerprint density at radius 1 is 1.29 bits per heavy atom. The fourth-order valence-corrected chi connectivity index (χ4v) is 3.96. The summed E-state index contributed by atoms with van der Waals surface area (Å²) in [5.74, 6) is 1.19. The van der Waals surface area contributed by atoms with Crippen molar-refractivity contribution in [2.75, 3.05) is 14.2 Å². The lowest BCUT2D eigenvalue weighted by atomic mass is 10.2. The summed E-state index contributed by atoms with van der Waals surface area (Å²) in [4.78, 5) is 13.6. The zero-order valence-electron chi connectivity index (χ0n) is 15.8. The molecular formula is C18H21N5O3S2. The first kappa shape index (κ1) is 20.2. The molecule has 0 saturated heterocycles. The summed E-state index contributed by atoms with van der Waals surface area (Å²) >= 11 is 2.97. The average molecular weight is 420 g/mol. The summed E-state index contributed by atoms with van der Waals surface area (Å²) in [6, 6.07) is 9.57. The number of nitrogens with one attached hydrogen (secondary N) is 1. The third-order valence-corrected chi connectivity index (χ3v) is 5.88. The minimum atomic E-state index is -0.340. The molecule has 0 saturated carbocycles. The minimum Gasteiger partial charge on any atom is -0.493 e. The number of methoxy groups -OCH3 is 2. The smallest absolute Gasteiger partial charge is 0.233 e. The molecule has 0 radical (unpaired) electrons. The number of ether oxygens (including phenoxy) is 2. The van der Waals surface area contributed by atoms with Gasteiger partial charge in [0.05, 0.1) is 26.0 Å². The van der Waals surface area contributed by atoms with E-state index in [0.29, 0.717) is 29.7 Å². The monoisotopic (exact) mass is 419 g/mol. The first-order valence-corrected chi connectivity index (χ1v) is 10.3. The predicted molar refractivity (Wildman–Crippen MR) is 108 cm³/mol. The van der Waals surface area contributed by atoms with Crippen molar-refractivity contribution in [1.29, 1.82) is 0 Å². The first-order chi connectivity index (χ1) is 13.6. The Kier molecular flexibility index (Phi) is 6.88. The van der Waals surface area contributed by atoms with Gasteiger partial charge in [0.15, 0.2) is 11.5 Å². The van der Waals surface area contributed by atoms with E-state index in [1.54, 1.807) is 30.2 Å². The van der Waals surface area contributed by atoms with E-state index in [9.17, 15) is 4.79 Å². The standard InChI is InChI=1S/C18H21N5O3S2/c1-12(28-18-20-21-22-23(18)11-14-5-4-8-27-14)17(24)19-10-13-6-7-15(25-2)16(9-13)26-3/h4-9,12H,10-11H2,1-3H3,(H,19,24). The predicted octanol–water partition coefficient (Wildman–Crippen LogP) is 2.60. The van der Waals surface area contributed by atoms with Crippen LogP contribution in [0.1, 0.15) is 17.4 Å². The molecule has 2 aromatic heterocycles. The molecule has 10 heteroatoms. The molecule has 2 heterocycles. The number of hydrogen-bond donors (Lipinski definition) is 1. The molecule has 0 bridgehead atoms. The van der Waals surface area contributed by atoms with E-state index in [-0.39, 0.29) is 11.2 Å². The molecule has 0 aliphatic rings. The average Bonchev–Trinajstić information content (AvgIpc) is 3.38. The number of nitrogens with zero attached hydrogens (tertiary/aromatic N) is 4. The minimum absolute atomic E-state index is 0.0922. The third-order valence-electron chi connectivity index (χ3n) is 3.95. The van der Waals surface area contributed by atoms with Crippen LogP contribution >= 0.6 is 23.1 Å². The zero-order valence-corrected chi connectivity index (χ0v) is 17.4. The van der Waals surface area contributed by atoms with Gasteiger partial charge < -0.3 is 14.8 Å². The van der Waals surface area contributed by atoms with E-state index in [1.165, 1.54) is 11.8 Å². The number of amides is 1. The Morgan fingerprint density at radius 3 is 2.82 bits per heavy atom. The maximum Gasteiger partial charge on any atom is 0.233 e. The van der Waals surface area contributed by atoms with Gasteiger partial charge in [-0.3, -0.25) is 4.79 Å². The van der Waals surface area contributed by atoms with Gasteiger partial charge in [-0.2, -0.15) is 0 Å². The molecule has 0 aliphatic carbocycles. The Balaban J connectivity index is 1.56. The Labute approximate surface area is 171 Å². The number of thiophene rings is 1. The van der Waals surface area contributed by atoms with Crippen molar-refractivity contribution in [3.8, 4) is 11.5 Å². The van der Waals surface area contributed by atoms with Crippen molar-refractivity contribution >= 4 is 29.0 Å². The Hall–Kier alpha value is -2.59. The van der Waals surface area contributed by atoms with Crippen LogP contribution in [0.15, 0.2) is 40.9 Å². The van der Waals surface area contributed by atoms with Crippen molar-refractivity contribution in [3.63, 3.8) is 0 Å². The molecule has 1 aromatic carbocycles. The molecule has 0 fully saturated rings. The molecule has 1 N–H and O–H groups in total. The SMILES string of the molecule is COc1ccc(CNC(=O)C(C)Sc2nnnn2Cc2cccs2)cc1OC. The van der Waals surface area contributed by atoms with Gasteiger partial charge in [0.25, 0.3) is 0 Å². The number of rotatable bonds is 9. The molecule has 3 aromatic rings. The molecule has 8 nitrogen and oxygen atoms in total. The van der Waals surface area contributed by atoms with Crippen molar-refractivity contribution in [1.82, 2.24) is 25.5 Å². The van der Waals surface area contributed by atoms with Crippen LogP contribution < -0.4 is 14.8 Å². The van der Waals surface area contributed by atoms with Gasteiger partial charge in [-0.05, 0) is 46.5 Å². The fourth-order valence-electron chi connectivity index (χ4n) is 2.47. The van der Waals surface area contributed by atoms with Gasteiger partial charge in [0, 0.05) is 11.4 Å². The van der Waals surface area contributed by atoms with Crippen LogP contribution in [0.25, 0.3) is 0 Å². The van der Waals surface area contributed by atoms with Gasteiger partial charge in [-0.15, -0.1) is 16.4 Å². The molecule has 0 aliphatic heterocycles. The van der Waals surface area contributed by atoms with Crippen LogP contribution in [-0.4, -0.2) is 45.6 Å². The zero-order chi connectivity index (χ0) is 19.9. The Bertz CT molecular complexity index is 914. The number of carbonyl (C=O) groups excluding carboxylic acids is 1. The molecule has 0 spiro atoms. The maximum atomic E-state index is 12.5. The summed E-state index contributed by atoms with van der Waals surface area (Å²) in [6.07, 6.45) is 0. The molecule has 1 atom stereocenters. The van der Waals surface area contributed by atoms with Crippen molar-refractivity contribution < 1.29 is 14.3 Å². The highest BCUT2D eigenvalue weighted by atomic mass is 32.2. The van der Waals surface area contributed by atoms with Crippen molar-refractivity contribution in [2.24, 2.45) is 0 Å². The number of tetrazole rings is 1. The van der Waals surface area contributed by atoms with Gasteiger partial charge in [-0.1, -0.05) is 23.9 Å². The van der Waals surface area contributed by atoms with Gasteiger partial charge in [0.1, 0.15) is 0 Å². The summed E-state index contributed by atoms with van der Waals surface area (Å²) in [6.45, 7) is 2.82. The Morgan fingerprint density at radius 2 is 2.11 bits per heavy atom. The molecule has 148 valence electrons. The lowest BCUT2D eigenvalue weighted by molar-refractivity contribution is -0.120. The second-order valence-corrected chi connectivity index (χ2v) is 8.21. The number of aromatic nitrogens is 4. The maximum absolute atomic E-state index is 12.5. The van der Waals surface area contributed by atoms with E-state index >= 15 is 0 Å². The van der Waals surface area contributed by atoms with E-state index in [4.69, 9.17) is 9.47 Å². The molecule has 3 rings (SSSR count). The number of benzene rings is 1. The van der Waals surface area contributed by atoms with E-state index in [2.05, 4.69) is 20.8 Å². The molecule has 28 heavy (non-hydrogen) atoms. The quantitative estimate of drug-likeness (QED) is 0.533. The van der Waals surface area contributed by atoms with Gasteiger partial charge >= 0.3 is 0 Å². The van der Waals surface area contributed by atoms with Crippen LogP contribution in [0, 0.1) is 0 Å². The highest BCUT2D eigenvalue weighted by Gasteiger charge is 2.19. The number of carbonyl (C=O) groups is 1. The van der Waals surface area contributed by atoms with E-state index in [1.807, 2.05) is 42.6 Å². The summed E-state index contributed by atoms with van der Waals surface area (Å²) < 4.78 is 12.2. The first-order valence-electron chi connectivity index (χ1n) is 8.54. The van der Waals surface area contributed by atoms with E-state index in [0.717, 1.165) is 10.4 Å². The van der Waals surface area contributed by atoms with E-state index < -0.39 is 0 Å². The highest BCUT2D eigenvalue weighted by molar-refractivity contribution is 8.00. The normalized spacial score (nSPS) is 11.8. The lowest BCUT2D eigenvalue weighted by Gasteiger charge is -2.13. The molecule has 1 unspecified atom stereocenters. The second kappa shape index (κ2) is 9.56. The highest BCUT2D eigenvalue weighted by Crippen LogP contribution is 2.27. The summed E-state index contributed by atoms with van der Waals surface area (Å²) in [7, 11) is 3.17. The second-order valence-electron chi connectivity index (χ2n) is 5.87. The van der Waals surface area contributed by atoms with Crippen LogP contribution in [0.2, 0.25) is 0 Å². The molecular weight excluding hydrogens is 398 g/mol. The van der Waals surface area contributed by atoms with Crippen LogP contribution in [-0.2, 0) is 17.9 Å². The largest absolute Gasteiger partial charge is 0.493 e. The van der Waals surface area contributed by atoms with Crippen molar-refractivity contribution in [3.05, 3.63) is 46.2 Å². The number of hydrogen-bond acceptors (Lipinski definition) is 8. The van der Waals surface area contributed by atoms with Gasteiger partial charge in [-0.25, -0.2) is 4.68 Å². The summed E-state index contributed by atoms with van der Waals surface area (Å²) in [5, 5.41) is 17.0. The topological polar surface area (TPSA) is 91.2 Å². The fraction of sp³-hybridized carbons (Fsp3) is 0.333. The van der Waals surface area contributed by atoms with Crippen LogP contribution in [0.5, 0.6) is 11.5 Å². The molecule has 1 amide bonds.